The van der Waals surface area contributed by atoms with E-state index in [1.54, 1.807) is 18.4 Å². The number of guanidine groups is 1. The third-order valence-electron chi connectivity index (χ3n) is 4.41. The largest absolute Gasteiger partial charge is 0.359 e. The molecule has 0 atom stereocenters. The van der Waals surface area contributed by atoms with Crippen LogP contribution in [0.25, 0.3) is 0 Å². The Morgan fingerprint density at radius 2 is 2.04 bits per heavy atom. The molecular formula is C19H32IN5OS. The predicted molar refractivity (Wildman–Crippen MR) is 123 cm³/mol. The van der Waals surface area contributed by atoms with Crippen molar-refractivity contribution in [2.75, 3.05) is 13.6 Å². The van der Waals surface area contributed by atoms with Gasteiger partial charge in [-0.05, 0) is 39.0 Å². The molecule has 0 saturated carbocycles. The van der Waals surface area contributed by atoms with Crippen LogP contribution in [0.5, 0.6) is 0 Å². The molecule has 0 saturated heterocycles. The Labute approximate surface area is 183 Å². The predicted octanol–water partition coefficient (Wildman–Crippen LogP) is 4.65. The summed E-state index contributed by atoms with van der Waals surface area (Å²) in [6.07, 6.45) is 5.42. The smallest absolute Gasteiger partial charge is 0.191 e. The molecule has 8 heteroatoms. The van der Waals surface area contributed by atoms with Crippen molar-refractivity contribution in [2.24, 2.45) is 4.99 Å². The van der Waals surface area contributed by atoms with Crippen LogP contribution in [0.1, 0.15) is 67.6 Å². The Hall–Kier alpha value is -1.16. The molecule has 2 N–H and O–H groups in total. The summed E-state index contributed by atoms with van der Waals surface area (Å²) in [5.41, 5.74) is 2.17. The van der Waals surface area contributed by atoms with Crippen LogP contribution in [0.3, 0.4) is 0 Å². The van der Waals surface area contributed by atoms with Crippen LogP contribution >= 0.6 is 35.3 Å². The van der Waals surface area contributed by atoms with Gasteiger partial charge in [0.1, 0.15) is 0 Å². The Morgan fingerprint density at radius 3 is 2.67 bits per heavy atom. The van der Waals surface area contributed by atoms with Gasteiger partial charge in [0, 0.05) is 36.7 Å². The van der Waals surface area contributed by atoms with Crippen LogP contribution in [0.2, 0.25) is 0 Å². The molecule has 27 heavy (non-hydrogen) atoms. The fraction of sp³-hybridized carbons (Fsp3) is 0.632. The first-order chi connectivity index (χ1) is 12.7. The molecule has 0 aliphatic heterocycles. The molecule has 2 rings (SSSR count). The van der Waals surface area contributed by atoms with Crippen molar-refractivity contribution in [3.63, 3.8) is 0 Å². The highest BCUT2D eigenvalue weighted by molar-refractivity contribution is 14.0. The summed E-state index contributed by atoms with van der Waals surface area (Å²) in [6.45, 7) is 7.88. The van der Waals surface area contributed by atoms with Gasteiger partial charge in [-0.1, -0.05) is 19.0 Å². The van der Waals surface area contributed by atoms with E-state index in [1.807, 2.05) is 13.0 Å². The number of nitrogens with one attached hydrogen (secondary N) is 2. The molecule has 0 radical (unpaired) electrons. The van der Waals surface area contributed by atoms with Crippen LogP contribution < -0.4 is 10.6 Å². The number of aryl methyl sites for hydroxylation is 2. The number of rotatable bonds is 10. The van der Waals surface area contributed by atoms with E-state index in [9.17, 15) is 0 Å². The van der Waals surface area contributed by atoms with Crippen molar-refractivity contribution in [1.82, 2.24) is 20.8 Å². The maximum Gasteiger partial charge on any atom is 0.191 e. The van der Waals surface area contributed by atoms with Crippen molar-refractivity contribution in [3.8, 4) is 0 Å². The Bertz CT molecular complexity index is 681. The lowest BCUT2D eigenvalue weighted by molar-refractivity contribution is 0.368. The highest BCUT2D eigenvalue weighted by Gasteiger charge is 2.13. The summed E-state index contributed by atoms with van der Waals surface area (Å²) in [5, 5.41) is 14.2. The van der Waals surface area contributed by atoms with E-state index < -0.39 is 0 Å². The van der Waals surface area contributed by atoms with Crippen LogP contribution in [0.4, 0.5) is 0 Å². The maximum absolute atomic E-state index is 5.44. The zero-order chi connectivity index (χ0) is 18.8. The first-order valence-electron chi connectivity index (χ1n) is 9.47. The van der Waals surface area contributed by atoms with E-state index in [4.69, 9.17) is 4.52 Å². The fourth-order valence-electron chi connectivity index (χ4n) is 2.83. The molecule has 0 amide bonds. The number of halogens is 1. The van der Waals surface area contributed by atoms with E-state index in [-0.39, 0.29) is 24.0 Å². The van der Waals surface area contributed by atoms with Crippen molar-refractivity contribution >= 4 is 41.3 Å². The van der Waals surface area contributed by atoms with Gasteiger partial charge in [0.2, 0.25) is 0 Å². The van der Waals surface area contributed by atoms with E-state index in [2.05, 4.69) is 45.0 Å². The SMILES string of the molecule is CCC(CC)c1cc(CNC(=NC)NCCCCc2nc(C)cs2)on1.I. The minimum atomic E-state index is 0. The quantitative estimate of drug-likeness (QED) is 0.213. The molecule has 0 aliphatic carbocycles. The second kappa shape index (κ2) is 13.1. The third kappa shape index (κ3) is 8.16. The van der Waals surface area contributed by atoms with Gasteiger partial charge in [-0.3, -0.25) is 4.99 Å². The molecule has 152 valence electrons. The fourth-order valence-corrected chi connectivity index (χ4v) is 3.65. The zero-order valence-electron chi connectivity index (χ0n) is 16.7. The van der Waals surface area contributed by atoms with Crippen LogP contribution in [0.15, 0.2) is 21.0 Å². The zero-order valence-corrected chi connectivity index (χ0v) is 19.9. The monoisotopic (exact) mass is 505 g/mol. The third-order valence-corrected chi connectivity index (χ3v) is 5.44. The summed E-state index contributed by atoms with van der Waals surface area (Å²) >= 11 is 1.75. The van der Waals surface area contributed by atoms with Crippen LogP contribution in [-0.4, -0.2) is 29.7 Å². The van der Waals surface area contributed by atoms with Gasteiger partial charge in [0.15, 0.2) is 11.7 Å². The van der Waals surface area contributed by atoms with E-state index in [0.29, 0.717) is 12.5 Å². The molecular weight excluding hydrogens is 473 g/mol. The van der Waals surface area contributed by atoms with Crippen LogP contribution in [-0.2, 0) is 13.0 Å². The topological polar surface area (TPSA) is 75.3 Å². The Morgan fingerprint density at radius 1 is 1.26 bits per heavy atom. The normalized spacial score (nSPS) is 11.5. The van der Waals surface area contributed by atoms with Gasteiger partial charge in [-0.15, -0.1) is 35.3 Å². The highest BCUT2D eigenvalue weighted by atomic mass is 127. The first-order valence-corrected chi connectivity index (χ1v) is 10.3. The number of hydrogen-bond acceptors (Lipinski definition) is 5. The second-order valence-corrected chi connectivity index (χ2v) is 7.37. The molecule has 2 aromatic rings. The molecule has 2 aromatic heterocycles. The van der Waals surface area contributed by atoms with Gasteiger partial charge in [0.05, 0.1) is 17.2 Å². The molecule has 0 aromatic carbocycles. The average molecular weight is 505 g/mol. The molecule has 0 aliphatic rings. The summed E-state index contributed by atoms with van der Waals surface area (Å²) in [7, 11) is 1.78. The minimum absolute atomic E-state index is 0. The average Bonchev–Trinajstić information content (AvgIpc) is 3.28. The molecule has 0 bridgehead atoms. The summed E-state index contributed by atoms with van der Waals surface area (Å²) in [4.78, 5) is 8.75. The second-order valence-electron chi connectivity index (χ2n) is 6.42. The highest BCUT2D eigenvalue weighted by Crippen LogP contribution is 2.22. The number of unbranched alkanes of at least 4 members (excludes halogenated alkanes) is 1. The van der Waals surface area contributed by atoms with E-state index >= 15 is 0 Å². The maximum atomic E-state index is 5.44. The minimum Gasteiger partial charge on any atom is -0.359 e. The first kappa shape index (κ1) is 23.9. The van der Waals surface area contributed by atoms with Gasteiger partial charge in [-0.25, -0.2) is 4.98 Å². The lowest BCUT2D eigenvalue weighted by atomic mass is 9.99. The number of nitrogens with zero attached hydrogens (tertiary/aromatic N) is 3. The van der Waals surface area contributed by atoms with Gasteiger partial charge >= 0.3 is 0 Å². The number of aromatic nitrogens is 2. The van der Waals surface area contributed by atoms with Gasteiger partial charge in [0.25, 0.3) is 0 Å². The standard InChI is InChI=1S/C19H31N5OS.HI/c1-5-15(6-2)17-11-16(25-24-17)12-22-19(20-4)21-10-8-7-9-18-23-14(3)13-26-18;/h11,13,15H,5-10,12H2,1-4H3,(H2,20,21,22);1H. The van der Waals surface area contributed by atoms with Crippen molar-refractivity contribution in [1.29, 1.82) is 0 Å². The van der Waals surface area contributed by atoms with E-state index in [0.717, 1.165) is 61.8 Å². The Balaban J connectivity index is 0.00000364. The van der Waals surface area contributed by atoms with Gasteiger partial charge in [-0.2, -0.15) is 0 Å². The number of aliphatic imine (C=N–C) groups is 1. The molecule has 0 fully saturated rings. The molecule has 0 unspecified atom stereocenters. The number of hydrogen-bond donors (Lipinski definition) is 2. The number of thiazole rings is 1. The molecule has 6 nitrogen and oxygen atoms in total. The van der Waals surface area contributed by atoms with Crippen molar-refractivity contribution < 1.29 is 4.52 Å². The lowest BCUT2D eigenvalue weighted by Gasteiger charge is -2.10. The van der Waals surface area contributed by atoms with Crippen molar-refractivity contribution in [2.45, 2.75) is 65.3 Å². The summed E-state index contributed by atoms with van der Waals surface area (Å²) < 4.78 is 5.44. The summed E-state index contributed by atoms with van der Waals surface area (Å²) in [5.74, 6) is 2.11. The lowest BCUT2D eigenvalue weighted by Crippen LogP contribution is -2.37. The van der Waals surface area contributed by atoms with Crippen molar-refractivity contribution in [3.05, 3.63) is 33.6 Å². The van der Waals surface area contributed by atoms with Crippen LogP contribution in [0, 0.1) is 6.92 Å². The molecule has 0 spiro atoms. The van der Waals surface area contributed by atoms with E-state index in [1.165, 1.54) is 5.01 Å². The van der Waals surface area contributed by atoms with Gasteiger partial charge < -0.3 is 15.2 Å². The summed E-state index contributed by atoms with van der Waals surface area (Å²) in [6, 6.07) is 2.05. The molecule has 2 heterocycles. The Kier molecular flexibility index (Phi) is 11.6.